The summed E-state index contributed by atoms with van der Waals surface area (Å²) >= 11 is 0. The van der Waals surface area contributed by atoms with E-state index < -0.39 is 0 Å². The summed E-state index contributed by atoms with van der Waals surface area (Å²) in [7, 11) is 0. The van der Waals surface area contributed by atoms with Crippen LogP contribution in [0.2, 0.25) is 0 Å². The van der Waals surface area contributed by atoms with Gasteiger partial charge in [-0.05, 0) is 36.4 Å². The quantitative estimate of drug-likeness (QED) is 0.738. The lowest BCUT2D eigenvalue weighted by Crippen LogP contribution is -2.19. The van der Waals surface area contributed by atoms with Crippen LogP contribution in [0.1, 0.15) is 23.7 Å². The molecule has 0 aliphatic carbocycles. The smallest absolute Gasteiger partial charge is 0.100 e. The van der Waals surface area contributed by atoms with E-state index in [9.17, 15) is 0 Å². The summed E-state index contributed by atoms with van der Waals surface area (Å²) in [6.45, 7) is 0. The summed E-state index contributed by atoms with van der Waals surface area (Å²) < 4.78 is 0. The molecule has 112 valence electrons. The second-order valence-electron chi connectivity index (χ2n) is 5.44. The zero-order chi connectivity index (χ0) is 15.5. The van der Waals surface area contributed by atoms with E-state index in [0.29, 0.717) is 0 Å². The molecule has 0 amide bonds. The van der Waals surface area contributed by atoms with Crippen molar-refractivity contribution in [2.45, 2.75) is 12.5 Å². The van der Waals surface area contributed by atoms with Gasteiger partial charge in [-0.2, -0.15) is 5.10 Å². The largest absolute Gasteiger partial charge is 0.265 e. The van der Waals surface area contributed by atoms with E-state index in [1.54, 1.807) is 12.4 Å². The van der Waals surface area contributed by atoms with Crippen molar-refractivity contribution in [3.8, 4) is 0 Å². The monoisotopic (exact) mass is 300 g/mol. The molecule has 0 bridgehead atoms. The molecule has 0 saturated heterocycles. The maximum absolute atomic E-state index is 4.87. The van der Waals surface area contributed by atoms with Gasteiger partial charge < -0.3 is 0 Å². The van der Waals surface area contributed by atoms with Crippen LogP contribution < -0.4 is 5.01 Å². The van der Waals surface area contributed by atoms with Crippen LogP contribution in [0.4, 0.5) is 5.69 Å². The van der Waals surface area contributed by atoms with Gasteiger partial charge in [-0.3, -0.25) is 15.0 Å². The van der Waals surface area contributed by atoms with Gasteiger partial charge in [0.05, 0.1) is 17.1 Å². The molecule has 23 heavy (non-hydrogen) atoms. The fraction of sp³-hybridized carbons (Fsp3) is 0.105. The minimum atomic E-state index is 0.113. The fourth-order valence-corrected chi connectivity index (χ4v) is 2.85. The third-order valence-electron chi connectivity index (χ3n) is 3.97. The molecule has 4 nitrogen and oxygen atoms in total. The number of rotatable bonds is 3. The van der Waals surface area contributed by atoms with Crippen LogP contribution in [0.5, 0.6) is 0 Å². The zero-order valence-corrected chi connectivity index (χ0v) is 12.6. The molecule has 0 radical (unpaired) electrons. The Kier molecular flexibility index (Phi) is 3.56. The molecule has 0 fully saturated rings. The Morgan fingerprint density at radius 2 is 1.61 bits per heavy atom. The van der Waals surface area contributed by atoms with Crippen molar-refractivity contribution in [1.29, 1.82) is 0 Å². The molecule has 1 unspecified atom stereocenters. The van der Waals surface area contributed by atoms with Crippen LogP contribution in [0.15, 0.2) is 84.4 Å². The lowest BCUT2D eigenvalue weighted by molar-refractivity contribution is 0.686. The first-order chi connectivity index (χ1) is 11.4. The maximum atomic E-state index is 4.87. The van der Waals surface area contributed by atoms with Crippen molar-refractivity contribution in [3.63, 3.8) is 0 Å². The Balaban J connectivity index is 1.75. The molecule has 1 aliphatic heterocycles. The first kappa shape index (κ1) is 13.6. The zero-order valence-electron chi connectivity index (χ0n) is 12.6. The lowest BCUT2D eigenvalue weighted by atomic mass is 10.0. The van der Waals surface area contributed by atoms with Gasteiger partial charge in [0.15, 0.2) is 0 Å². The summed E-state index contributed by atoms with van der Waals surface area (Å²) in [5.41, 5.74) is 4.28. The van der Waals surface area contributed by atoms with Gasteiger partial charge in [0.1, 0.15) is 6.04 Å². The molecule has 3 heterocycles. The molecule has 0 spiro atoms. The van der Waals surface area contributed by atoms with E-state index in [0.717, 1.165) is 29.1 Å². The minimum Gasteiger partial charge on any atom is -0.265 e. The number of para-hydroxylation sites is 1. The van der Waals surface area contributed by atoms with Crippen molar-refractivity contribution in [2.24, 2.45) is 5.10 Å². The predicted octanol–water partition coefficient (Wildman–Crippen LogP) is 3.83. The number of benzene rings is 1. The summed E-state index contributed by atoms with van der Waals surface area (Å²) in [4.78, 5) is 8.63. The van der Waals surface area contributed by atoms with Gasteiger partial charge >= 0.3 is 0 Å². The Hall–Kier alpha value is -3.01. The van der Waals surface area contributed by atoms with Gasteiger partial charge in [-0.15, -0.1) is 0 Å². The summed E-state index contributed by atoms with van der Waals surface area (Å²) in [5.74, 6) is 0. The molecule has 2 aromatic heterocycles. The van der Waals surface area contributed by atoms with Crippen LogP contribution in [-0.4, -0.2) is 15.7 Å². The van der Waals surface area contributed by atoms with E-state index in [-0.39, 0.29) is 6.04 Å². The maximum Gasteiger partial charge on any atom is 0.100 e. The molecule has 0 N–H and O–H groups in total. The highest BCUT2D eigenvalue weighted by Gasteiger charge is 2.30. The number of aromatic nitrogens is 2. The van der Waals surface area contributed by atoms with Crippen LogP contribution in [-0.2, 0) is 0 Å². The Morgan fingerprint density at radius 1 is 0.826 bits per heavy atom. The lowest BCUT2D eigenvalue weighted by Gasteiger charge is -2.22. The Bertz CT molecular complexity index is 801. The van der Waals surface area contributed by atoms with Gasteiger partial charge in [0.25, 0.3) is 0 Å². The highest BCUT2D eigenvalue weighted by atomic mass is 15.5. The molecule has 4 rings (SSSR count). The summed E-state index contributed by atoms with van der Waals surface area (Å²) in [6, 6.07) is 20.4. The van der Waals surface area contributed by atoms with E-state index in [2.05, 4.69) is 33.2 Å². The van der Waals surface area contributed by atoms with E-state index in [4.69, 9.17) is 5.10 Å². The predicted molar refractivity (Wildman–Crippen MR) is 91.3 cm³/mol. The van der Waals surface area contributed by atoms with E-state index >= 15 is 0 Å². The normalized spacial score (nSPS) is 17.1. The van der Waals surface area contributed by atoms with Crippen LogP contribution in [0.3, 0.4) is 0 Å². The average molecular weight is 300 g/mol. The summed E-state index contributed by atoms with van der Waals surface area (Å²) in [6.07, 6.45) is 6.27. The third-order valence-corrected chi connectivity index (χ3v) is 3.97. The number of hydrogen-bond acceptors (Lipinski definition) is 4. The van der Waals surface area contributed by atoms with Crippen molar-refractivity contribution < 1.29 is 0 Å². The third kappa shape index (κ3) is 2.71. The van der Waals surface area contributed by atoms with Gasteiger partial charge in [0, 0.05) is 30.6 Å². The SMILES string of the molecule is c1ccc(N2N=C(c3ccncc3)CC2c2ccccn2)cc1. The first-order valence-electron chi connectivity index (χ1n) is 7.65. The number of hydrogen-bond donors (Lipinski definition) is 0. The number of pyridine rings is 2. The minimum absolute atomic E-state index is 0.113. The number of hydrazone groups is 1. The topological polar surface area (TPSA) is 41.4 Å². The molecule has 1 atom stereocenters. The van der Waals surface area contributed by atoms with Gasteiger partial charge in [-0.1, -0.05) is 24.3 Å². The Morgan fingerprint density at radius 3 is 2.35 bits per heavy atom. The first-order valence-corrected chi connectivity index (χ1v) is 7.65. The standard InChI is InChI=1S/C19H16N4/c1-2-6-16(7-3-1)23-19(17-8-4-5-11-21-17)14-18(22-23)15-9-12-20-13-10-15/h1-13,19H,14H2. The molecular weight excluding hydrogens is 284 g/mol. The molecule has 4 heteroatoms. The second kappa shape index (κ2) is 6.01. The molecule has 0 saturated carbocycles. The molecular formula is C19H16N4. The molecule has 1 aliphatic rings. The highest BCUT2D eigenvalue weighted by Crippen LogP contribution is 2.35. The fourth-order valence-electron chi connectivity index (χ4n) is 2.85. The van der Waals surface area contributed by atoms with Crippen LogP contribution in [0, 0.1) is 0 Å². The second-order valence-corrected chi connectivity index (χ2v) is 5.44. The van der Waals surface area contributed by atoms with Crippen molar-refractivity contribution >= 4 is 11.4 Å². The molecule has 3 aromatic rings. The Labute approximate surface area is 135 Å². The highest BCUT2D eigenvalue weighted by molar-refractivity contribution is 6.03. The molecule has 1 aromatic carbocycles. The van der Waals surface area contributed by atoms with Crippen molar-refractivity contribution in [1.82, 2.24) is 9.97 Å². The van der Waals surface area contributed by atoms with E-state index in [1.807, 2.05) is 48.7 Å². The van der Waals surface area contributed by atoms with Crippen LogP contribution >= 0.6 is 0 Å². The van der Waals surface area contributed by atoms with Crippen LogP contribution in [0.25, 0.3) is 0 Å². The van der Waals surface area contributed by atoms with Crippen molar-refractivity contribution in [2.75, 3.05) is 5.01 Å². The number of anilines is 1. The summed E-state index contributed by atoms with van der Waals surface area (Å²) in [5, 5.41) is 6.94. The number of nitrogens with zero attached hydrogens (tertiary/aromatic N) is 4. The average Bonchev–Trinajstić information content (AvgIpc) is 3.09. The van der Waals surface area contributed by atoms with E-state index in [1.165, 1.54) is 0 Å². The van der Waals surface area contributed by atoms with Crippen molar-refractivity contribution in [3.05, 3.63) is 90.5 Å². The van der Waals surface area contributed by atoms with Gasteiger partial charge in [0.2, 0.25) is 0 Å². The van der Waals surface area contributed by atoms with Gasteiger partial charge in [-0.25, -0.2) is 0 Å².